The maximum atomic E-state index is 13.3. The van der Waals surface area contributed by atoms with Crippen LogP contribution in [0.4, 0.5) is 28.9 Å². The van der Waals surface area contributed by atoms with Crippen LogP contribution in [0, 0.1) is 5.82 Å². The van der Waals surface area contributed by atoms with Crippen LogP contribution in [0.1, 0.15) is 24.1 Å². The number of nitrogens with zero attached hydrogens (tertiary/aromatic N) is 2. The Labute approximate surface area is 208 Å². The molecule has 3 rings (SSSR count). The molecule has 1 aromatic heterocycles. The van der Waals surface area contributed by atoms with Gasteiger partial charge in [0, 0.05) is 18.6 Å². The van der Waals surface area contributed by atoms with Gasteiger partial charge in [0.1, 0.15) is 11.4 Å². The number of amides is 2. The molecule has 1 saturated carbocycles. The van der Waals surface area contributed by atoms with Crippen LogP contribution in [0.5, 0.6) is 0 Å². The second kappa shape index (κ2) is 10.8. The van der Waals surface area contributed by atoms with Crippen molar-refractivity contribution in [2.45, 2.75) is 31.1 Å². The first-order chi connectivity index (χ1) is 17.0. The van der Waals surface area contributed by atoms with E-state index in [4.69, 9.17) is 17.3 Å². The summed E-state index contributed by atoms with van der Waals surface area (Å²) in [6.45, 7) is 3.30. The van der Waals surface area contributed by atoms with Gasteiger partial charge in [-0.25, -0.2) is 4.39 Å². The van der Waals surface area contributed by atoms with Crippen molar-refractivity contribution in [1.29, 1.82) is 0 Å². The minimum absolute atomic E-state index is 0.0524. The van der Waals surface area contributed by atoms with E-state index in [0.29, 0.717) is 18.9 Å². The molecule has 0 spiro atoms. The summed E-state index contributed by atoms with van der Waals surface area (Å²) >= 11 is 6.21. The van der Waals surface area contributed by atoms with Crippen LogP contribution >= 0.6 is 11.6 Å². The zero-order valence-corrected chi connectivity index (χ0v) is 19.4. The first-order valence-corrected chi connectivity index (χ1v) is 10.8. The summed E-state index contributed by atoms with van der Waals surface area (Å²) in [5.74, 6) is -2.07. The van der Waals surface area contributed by atoms with Gasteiger partial charge in [-0.1, -0.05) is 18.2 Å². The molecule has 2 aromatic rings. The average Bonchev–Trinajstić information content (AvgIpc) is 3.60. The van der Waals surface area contributed by atoms with E-state index in [9.17, 15) is 27.2 Å². The zero-order valence-electron chi connectivity index (χ0n) is 18.6. The summed E-state index contributed by atoms with van der Waals surface area (Å²) in [6, 6.07) is 3.55. The van der Waals surface area contributed by atoms with Crippen LogP contribution in [-0.2, 0) is 22.3 Å². The number of halogens is 5. The number of benzene rings is 1. The second-order valence-electron chi connectivity index (χ2n) is 7.77. The molecule has 1 heterocycles. The van der Waals surface area contributed by atoms with Gasteiger partial charge in [0.15, 0.2) is 0 Å². The number of rotatable bonds is 9. The molecule has 1 aliphatic carbocycles. The van der Waals surface area contributed by atoms with Crippen molar-refractivity contribution in [2.24, 2.45) is 10.7 Å². The van der Waals surface area contributed by atoms with Crippen LogP contribution in [-0.4, -0.2) is 28.6 Å². The second-order valence-corrected chi connectivity index (χ2v) is 8.17. The van der Waals surface area contributed by atoms with E-state index < -0.39 is 34.9 Å². The zero-order chi connectivity index (χ0) is 26.5. The molecule has 13 heteroatoms. The quantitative estimate of drug-likeness (QED) is 0.225. The Morgan fingerprint density at radius 3 is 2.58 bits per heavy atom. The number of nitrogens with one attached hydrogen (secondary N) is 3. The van der Waals surface area contributed by atoms with Gasteiger partial charge in [-0.05, 0) is 37.1 Å². The van der Waals surface area contributed by atoms with E-state index in [0.717, 1.165) is 18.3 Å². The van der Waals surface area contributed by atoms with Crippen molar-refractivity contribution in [1.82, 2.24) is 15.6 Å². The lowest BCUT2D eigenvalue weighted by Gasteiger charge is -2.18. The number of carbonyl (C=O) groups excluding carboxylic acids is 2. The number of anilines is 2. The van der Waals surface area contributed by atoms with E-state index >= 15 is 0 Å². The highest BCUT2D eigenvalue weighted by Crippen LogP contribution is 2.37. The van der Waals surface area contributed by atoms with Crippen molar-refractivity contribution in [3.05, 3.63) is 77.1 Å². The SMILES string of the molecule is C=CN=C/C(=C\N)C(=O)NC1(C(=O)NCc2ncc(Nc3ccc(F)cc3C(F)(F)F)cc2Cl)CC1. The van der Waals surface area contributed by atoms with Gasteiger partial charge in [0.25, 0.3) is 5.91 Å². The number of carbonyl (C=O) groups is 2. The Hall–Kier alpha value is -3.93. The van der Waals surface area contributed by atoms with Crippen LogP contribution < -0.4 is 21.7 Å². The Morgan fingerprint density at radius 1 is 1.28 bits per heavy atom. The fourth-order valence-corrected chi connectivity index (χ4v) is 3.38. The molecule has 0 bridgehead atoms. The molecule has 36 heavy (non-hydrogen) atoms. The van der Waals surface area contributed by atoms with E-state index in [-0.39, 0.29) is 34.2 Å². The maximum Gasteiger partial charge on any atom is 0.418 e. The normalized spacial score (nSPS) is 14.9. The first kappa shape index (κ1) is 26.7. The van der Waals surface area contributed by atoms with Gasteiger partial charge in [-0.2, -0.15) is 13.2 Å². The number of aromatic nitrogens is 1. The van der Waals surface area contributed by atoms with Gasteiger partial charge in [0.05, 0.1) is 46.0 Å². The van der Waals surface area contributed by atoms with E-state index in [1.165, 1.54) is 24.7 Å². The Bertz CT molecular complexity index is 1240. The molecule has 0 atom stereocenters. The highest BCUT2D eigenvalue weighted by molar-refractivity contribution is 6.31. The minimum atomic E-state index is -4.78. The predicted molar refractivity (Wildman–Crippen MR) is 127 cm³/mol. The molecule has 0 aliphatic heterocycles. The molecule has 1 aromatic carbocycles. The largest absolute Gasteiger partial charge is 0.418 e. The predicted octanol–water partition coefficient (Wildman–Crippen LogP) is 3.96. The summed E-state index contributed by atoms with van der Waals surface area (Å²) in [4.78, 5) is 32.9. The first-order valence-electron chi connectivity index (χ1n) is 10.4. The molecule has 0 unspecified atom stereocenters. The molecule has 1 aliphatic rings. The summed E-state index contributed by atoms with van der Waals surface area (Å²) in [6.07, 6.45) is 0.748. The Morgan fingerprint density at radius 2 is 2.00 bits per heavy atom. The number of hydrogen-bond donors (Lipinski definition) is 4. The van der Waals surface area contributed by atoms with Crippen molar-refractivity contribution < 1.29 is 27.2 Å². The summed E-state index contributed by atoms with van der Waals surface area (Å²) in [7, 11) is 0. The van der Waals surface area contributed by atoms with Crippen LogP contribution in [0.2, 0.25) is 5.02 Å². The summed E-state index contributed by atoms with van der Waals surface area (Å²) < 4.78 is 53.0. The number of aliphatic imine (C=N–C) groups is 1. The van der Waals surface area contributed by atoms with Crippen LogP contribution in [0.25, 0.3) is 0 Å². The fourth-order valence-electron chi connectivity index (χ4n) is 3.15. The van der Waals surface area contributed by atoms with E-state index in [1.807, 2.05) is 0 Å². The third-order valence-corrected chi connectivity index (χ3v) is 5.53. The van der Waals surface area contributed by atoms with Crippen molar-refractivity contribution >= 4 is 41.0 Å². The third-order valence-electron chi connectivity index (χ3n) is 5.20. The minimum Gasteiger partial charge on any atom is -0.404 e. The molecular weight excluding hydrogens is 504 g/mol. The van der Waals surface area contributed by atoms with Crippen molar-refractivity contribution in [3.8, 4) is 0 Å². The molecule has 190 valence electrons. The van der Waals surface area contributed by atoms with Crippen LogP contribution in [0.3, 0.4) is 0 Å². The molecule has 1 fully saturated rings. The molecule has 2 amide bonds. The monoisotopic (exact) mass is 524 g/mol. The molecule has 5 N–H and O–H groups in total. The average molecular weight is 525 g/mol. The number of alkyl halides is 3. The number of hydrogen-bond acceptors (Lipinski definition) is 6. The maximum absolute atomic E-state index is 13.3. The lowest BCUT2D eigenvalue weighted by Crippen LogP contribution is -2.49. The van der Waals surface area contributed by atoms with E-state index in [1.54, 1.807) is 0 Å². The highest BCUT2D eigenvalue weighted by Gasteiger charge is 2.51. The Kier molecular flexibility index (Phi) is 7.98. The third kappa shape index (κ3) is 6.39. The highest BCUT2D eigenvalue weighted by atomic mass is 35.5. The van der Waals surface area contributed by atoms with Gasteiger partial charge in [-0.15, -0.1) is 0 Å². The smallest absolute Gasteiger partial charge is 0.404 e. The lowest BCUT2D eigenvalue weighted by atomic mass is 10.1. The number of pyridine rings is 1. The van der Waals surface area contributed by atoms with Gasteiger partial charge in [0.2, 0.25) is 5.91 Å². The molecule has 0 saturated heterocycles. The molecular formula is C23H21ClF4N6O2. The van der Waals surface area contributed by atoms with Gasteiger partial charge in [-0.3, -0.25) is 19.6 Å². The molecule has 0 radical (unpaired) electrons. The standard InChI is InChI=1S/C23H21ClF4N6O2/c1-2-30-10-13(9-29)20(35)34-22(5-6-22)21(36)32-12-19-17(24)8-15(11-31-19)33-18-4-3-14(25)7-16(18)23(26,27)28/h2-4,7-11,33H,1,5-6,12,29H2,(H,32,36)(H,34,35)/b13-9+,30-10?. The van der Waals surface area contributed by atoms with Crippen molar-refractivity contribution in [3.63, 3.8) is 0 Å². The number of nitrogens with two attached hydrogens (primary N) is 1. The Balaban J connectivity index is 1.65. The van der Waals surface area contributed by atoms with Gasteiger partial charge < -0.3 is 21.7 Å². The summed E-state index contributed by atoms with van der Waals surface area (Å²) in [5.41, 5.74) is 3.18. The van der Waals surface area contributed by atoms with Gasteiger partial charge >= 0.3 is 6.18 Å². The van der Waals surface area contributed by atoms with E-state index in [2.05, 4.69) is 32.5 Å². The summed E-state index contributed by atoms with van der Waals surface area (Å²) in [5, 5.41) is 7.86. The van der Waals surface area contributed by atoms with Crippen molar-refractivity contribution in [2.75, 3.05) is 5.32 Å². The fraction of sp³-hybridized carbons (Fsp3) is 0.217. The molecule has 8 nitrogen and oxygen atoms in total. The topological polar surface area (TPSA) is 121 Å². The van der Waals surface area contributed by atoms with Crippen LogP contribution in [0.15, 0.2) is 60.0 Å². The lowest BCUT2D eigenvalue weighted by molar-refractivity contribution is -0.137.